The van der Waals surface area contributed by atoms with Crippen LogP contribution in [0.1, 0.15) is 46.0 Å². The maximum absolute atomic E-state index is 6.14. The predicted octanol–water partition coefficient (Wildman–Crippen LogP) is 1.99. The van der Waals surface area contributed by atoms with Crippen LogP contribution in [0.3, 0.4) is 0 Å². The van der Waals surface area contributed by atoms with Crippen LogP contribution < -0.4 is 5.73 Å². The second kappa shape index (κ2) is 4.19. The van der Waals surface area contributed by atoms with Gasteiger partial charge in [-0.15, -0.1) is 0 Å². The molecule has 2 N–H and O–H groups in total. The van der Waals surface area contributed by atoms with E-state index in [4.69, 9.17) is 5.73 Å². The van der Waals surface area contributed by atoms with E-state index in [1.54, 1.807) is 0 Å². The van der Waals surface area contributed by atoms with Crippen molar-refractivity contribution in [1.82, 2.24) is 4.90 Å². The summed E-state index contributed by atoms with van der Waals surface area (Å²) in [6, 6.07) is 1.84. The van der Waals surface area contributed by atoms with Crippen LogP contribution in [0.15, 0.2) is 0 Å². The van der Waals surface area contributed by atoms with Crippen molar-refractivity contribution in [2.45, 2.75) is 64.1 Å². The lowest BCUT2D eigenvalue weighted by Gasteiger charge is -2.33. The van der Waals surface area contributed by atoms with E-state index in [1.165, 1.54) is 32.2 Å². The average Bonchev–Trinajstić information content (AvgIpc) is 3.02. The van der Waals surface area contributed by atoms with Crippen LogP contribution in [0, 0.1) is 5.92 Å². The third kappa shape index (κ3) is 2.48. The Morgan fingerprint density at radius 3 is 2.36 bits per heavy atom. The smallest absolute Gasteiger partial charge is 0.0221 e. The predicted molar refractivity (Wildman–Crippen MR) is 60.2 cm³/mol. The van der Waals surface area contributed by atoms with E-state index in [2.05, 4.69) is 18.7 Å². The Morgan fingerprint density at radius 2 is 1.93 bits per heavy atom. The summed E-state index contributed by atoms with van der Waals surface area (Å²) in [5, 5.41) is 0. The van der Waals surface area contributed by atoms with Gasteiger partial charge in [0.1, 0.15) is 0 Å². The van der Waals surface area contributed by atoms with Gasteiger partial charge < -0.3 is 5.73 Å². The lowest BCUT2D eigenvalue weighted by Crippen LogP contribution is -2.47. The molecule has 0 bridgehead atoms. The number of nitrogens with zero attached hydrogens (tertiary/aromatic N) is 1. The summed E-state index contributed by atoms with van der Waals surface area (Å²) in [5.41, 5.74) is 6.14. The maximum Gasteiger partial charge on any atom is 0.0221 e. The van der Waals surface area contributed by atoms with Crippen molar-refractivity contribution in [3.05, 3.63) is 0 Å². The van der Waals surface area contributed by atoms with Crippen molar-refractivity contribution in [1.29, 1.82) is 0 Å². The minimum atomic E-state index is 0.370. The van der Waals surface area contributed by atoms with Gasteiger partial charge in [0.2, 0.25) is 0 Å². The van der Waals surface area contributed by atoms with Crippen LogP contribution in [0.2, 0.25) is 0 Å². The molecule has 0 saturated heterocycles. The van der Waals surface area contributed by atoms with Gasteiger partial charge in [-0.2, -0.15) is 0 Å². The highest BCUT2D eigenvalue weighted by Gasteiger charge is 2.37. The zero-order valence-electron chi connectivity index (χ0n) is 9.58. The fourth-order valence-corrected chi connectivity index (χ4v) is 2.24. The van der Waals surface area contributed by atoms with Gasteiger partial charge >= 0.3 is 0 Å². The minimum absolute atomic E-state index is 0.370. The lowest BCUT2D eigenvalue weighted by atomic mass is 10.1. The first-order chi connectivity index (χ1) is 6.72. The largest absolute Gasteiger partial charge is 0.326 e. The topological polar surface area (TPSA) is 29.3 Å². The molecule has 2 aliphatic rings. The molecule has 2 unspecified atom stereocenters. The third-order valence-corrected chi connectivity index (χ3v) is 3.80. The minimum Gasteiger partial charge on any atom is -0.326 e. The number of hydrogen-bond acceptors (Lipinski definition) is 2. The zero-order valence-corrected chi connectivity index (χ0v) is 9.58. The fraction of sp³-hybridized carbons (Fsp3) is 1.00. The summed E-state index contributed by atoms with van der Waals surface area (Å²) >= 11 is 0. The Balaban J connectivity index is 1.86. The van der Waals surface area contributed by atoms with Gasteiger partial charge in [-0.05, 0) is 44.9 Å². The molecule has 2 nitrogen and oxygen atoms in total. The molecule has 82 valence electrons. The highest BCUT2D eigenvalue weighted by atomic mass is 15.2. The van der Waals surface area contributed by atoms with E-state index in [1.807, 2.05) is 0 Å². The van der Waals surface area contributed by atoms with Crippen molar-refractivity contribution in [2.24, 2.45) is 11.7 Å². The van der Waals surface area contributed by atoms with Crippen molar-refractivity contribution in [3.63, 3.8) is 0 Å². The Hall–Kier alpha value is -0.0800. The summed E-state index contributed by atoms with van der Waals surface area (Å²) in [6.07, 6.45) is 6.84. The first-order valence-corrected chi connectivity index (χ1v) is 6.23. The quantitative estimate of drug-likeness (QED) is 0.704. The van der Waals surface area contributed by atoms with Gasteiger partial charge in [-0.25, -0.2) is 0 Å². The molecular weight excluding hydrogens is 172 g/mol. The Bertz CT molecular complexity index is 185. The SMILES string of the molecule is CCC(N)C(C)N(CC1CC1)C1CC1. The van der Waals surface area contributed by atoms with Crippen LogP contribution in [0.4, 0.5) is 0 Å². The number of nitrogens with two attached hydrogens (primary N) is 1. The molecular formula is C12H24N2. The van der Waals surface area contributed by atoms with Gasteiger partial charge in [0, 0.05) is 24.7 Å². The highest BCUT2D eigenvalue weighted by molar-refractivity contribution is 4.93. The van der Waals surface area contributed by atoms with Crippen LogP contribution in [0.5, 0.6) is 0 Å². The van der Waals surface area contributed by atoms with Crippen LogP contribution in [-0.2, 0) is 0 Å². The molecule has 0 heterocycles. The molecule has 0 amide bonds. The van der Waals surface area contributed by atoms with E-state index in [0.717, 1.165) is 18.4 Å². The molecule has 2 rings (SSSR count). The second-order valence-corrected chi connectivity index (χ2v) is 5.18. The molecule has 0 aromatic heterocycles. The van der Waals surface area contributed by atoms with Gasteiger partial charge in [-0.1, -0.05) is 6.92 Å². The van der Waals surface area contributed by atoms with E-state index in [-0.39, 0.29) is 0 Å². The van der Waals surface area contributed by atoms with Gasteiger partial charge in [-0.3, -0.25) is 4.90 Å². The summed E-state index contributed by atoms with van der Waals surface area (Å²) in [7, 11) is 0. The Kier molecular flexibility index (Phi) is 3.13. The van der Waals surface area contributed by atoms with Crippen LogP contribution >= 0.6 is 0 Å². The van der Waals surface area contributed by atoms with Gasteiger partial charge in [0.25, 0.3) is 0 Å². The third-order valence-electron chi connectivity index (χ3n) is 3.80. The van der Waals surface area contributed by atoms with E-state index < -0.39 is 0 Å². The average molecular weight is 196 g/mol. The van der Waals surface area contributed by atoms with E-state index in [0.29, 0.717) is 12.1 Å². The summed E-state index contributed by atoms with van der Waals surface area (Å²) in [6.45, 7) is 5.83. The molecule has 14 heavy (non-hydrogen) atoms. The highest BCUT2D eigenvalue weighted by Crippen LogP contribution is 2.36. The summed E-state index contributed by atoms with van der Waals surface area (Å²) in [5.74, 6) is 1.00. The second-order valence-electron chi connectivity index (χ2n) is 5.18. The summed E-state index contributed by atoms with van der Waals surface area (Å²) < 4.78 is 0. The lowest BCUT2D eigenvalue weighted by molar-refractivity contribution is 0.165. The van der Waals surface area contributed by atoms with E-state index >= 15 is 0 Å². The molecule has 0 radical (unpaired) electrons. The van der Waals surface area contributed by atoms with E-state index in [9.17, 15) is 0 Å². The van der Waals surface area contributed by atoms with Crippen LogP contribution in [-0.4, -0.2) is 29.6 Å². The molecule has 2 aliphatic carbocycles. The normalized spacial score (nSPS) is 26.6. The molecule has 2 heteroatoms. The van der Waals surface area contributed by atoms with Gasteiger partial charge in [0.15, 0.2) is 0 Å². The van der Waals surface area contributed by atoms with Crippen molar-refractivity contribution < 1.29 is 0 Å². The van der Waals surface area contributed by atoms with Gasteiger partial charge in [0.05, 0.1) is 0 Å². The monoisotopic (exact) mass is 196 g/mol. The number of rotatable bonds is 6. The first-order valence-electron chi connectivity index (χ1n) is 6.23. The van der Waals surface area contributed by atoms with Crippen molar-refractivity contribution in [3.8, 4) is 0 Å². The molecule has 0 aromatic rings. The molecule has 0 aliphatic heterocycles. The molecule has 2 fully saturated rings. The molecule has 0 aromatic carbocycles. The molecule has 2 atom stereocenters. The molecule has 2 saturated carbocycles. The zero-order chi connectivity index (χ0) is 10.1. The number of hydrogen-bond donors (Lipinski definition) is 1. The standard InChI is InChI=1S/C12H24N2/c1-3-12(13)9(2)14(11-6-7-11)8-10-4-5-10/h9-12H,3-8,13H2,1-2H3. The van der Waals surface area contributed by atoms with Crippen molar-refractivity contribution >= 4 is 0 Å². The maximum atomic E-state index is 6.14. The first kappa shape index (κ1) is 10.4. The van der Waals surface area contributed by atoms with Crippen LogP contribution in [0.25, 0.3) is 0 Å². The van der Waals surface area contributed by atoms with Crippen molar-refractivity contribution in [2.75, 3.05) is 6.54 Å². The Morgan fingerprint density at radius 1 is 1.29 bits per heavy atom. The fourth-order valence-electron chi connectivity index (χ4n) is 2.24. The Labute approximate surface area is 87.8 Å². The summed E-state index contributed by atoms with van der Waals surface area (Å²) in [4.78, 5) is 2.69. The molecule has 0 spiro atoms.